The number of hydrogen-bond donors (Lipinski definition) is 1. The Balaban J connectivity index is 2.27. The normalized spacial score (nSPS) is 10.3. The smallest absolute Gasteiger partial charge is 0.335 e. The van der Waals surface area contributed by atoms with E-state index in [0.29, 0.717) is 5.00 Å². The first-order valence-electron chi connectivity index (χ1n) is 5.93. The van der Waals surface area contributed by atoms with Gasteiger partial charge in [0.15, 0.2) is 0 Å². The van der Waals surface area contributed by atoms with Gasteiger partial charge in [-0.05, 0) is 34.5 Å². The average Bonchev–Trinajstić information content (AvgIpc) is 2.94. The Morgan fingerprint density at radius 1 is 1.15 bits per heavy atom. The van der Waals surface area contributed by atoms with E-state index in [-0.39, 0.29) is 5.56 Å². The van der Waals surface area contributed by atoms with Gasteiger partial charge in [0.05, 0.1) is 12.1 Å². The molecule has 0 aliphatic rings. The van der Waals surface area contributed by atoms with Crippen molar-refractivity contribution in [1.82, 2.24) is 0 Å². The van der Waals surface area contributed by atoms with E-state index in [2.05, 4.69) is 4.85 Å². The molecule has 96 valence electrons. The van der Waals surface area contributed by atoms with Crippen LogP contribution in [0.2, 0.25) is 0 Å². The molecule has 20 heavy (non-hydrogen) atoms. The van der Waals surface area contributed by atoms with Gasteiger partial charge in [-0.1, -0.05) is 30.3 Å². The van der Waals surface area contributed by atoms with Crippen LogP contribution in [-0.2, 0) is 0 Å². The van der Waals surface area contributed by atoms with E-state index in [1.54, 1.807) is 18.2 Å². The second-order valence-corrected chi connectivity index (χ2v) is 5.36. The van der Waals surface area contributed by atoms with Crippen LogP contribution in [0.3, 0.4) is 0 Å². The lowest BCUT2D eigenvalue weighted by Crippen LogP contribution is -1.95. The Labute approximate surface area is 119 Å². The molecule has 3 nitrogen and oxygen atoms in total. The van der Waals surface area contributed by atoms with E-state index in [1.807, 2.05) is 30.3 Å². The van der Waals surface area contributed by atoms with Crippen LogP contribution in [0.5, 0.6) is 0 Å². The lowest BCUT2D eigenvalue weighted by molar-refractivity contribution is 0.0697. The second-order valence-electron chi connectivity index (χ2n) is 4.30. The number of nitrogens with zero attached hydrogens (tertiary/aromatic N) is 1. The highest BCUT2D eigenvalue weighted by Gasteiger charge is 2.09. The molecule has 0 saturated carbocycles. The SMILES string of the molecule is [C-]#[N+]c1ccc(-c2cccc3ccc(C(=O)O)cc23)s1. The van der Waals surface area contributed by atoms with Gasteiger partial charge in [0.2, 0.25) is 5.00 Å². The maximum atomic E-state index is 11.1. The summed E-state index contributed by atoms with van der Waals surface area (Å²) in [5.41, 5.74) is 1.23. The van der Waals surface area contributed by atoms with E-state index < -0.39 is 5.97 Å². The molecule has 3 rings (SSSR count). The third-order valence-electron chi connectivity index (χ3n) is 3.10. The number of fused-ring (bicyclic) bond motifs is 1. The number of carboxylic acid groups (broad SMARTS) is 1. The molecule has 4 heteroatoms. The molecule has 1 heterocycles. The third-order valence-corrected chi connectivity index (χ3v) is 4.11. The molecule has 1 aromatic heterocycles. The summed E-state index contributed by atoms with van der Waals surface area (Å²) in [5, 5.41) is 11.6. The van der Waals surface area contributed by atoms with Crippen molar-refractivity contribution in [2.24, 2.45) is 0 Å². The van der Waals surface area contributed by atoms with Gasteiger partial charge in [-0.3, -0.25) is 0 Å². The predicted octanol–water partition coefficient (Wildman–Crippen LogP) is 4.82. The topological polar surface area (TPSA) is 41.7 Å². The maximum absolute atomic E-state index is 11.1. The Kier molecular flexibility index (Phi) is 2.97. The fourth-order valence-electron chi connectivity index (χ4n) is 2.15. The Bertz CT molecular complexity index is 858. The molecule has 0 spiro atoms. The predicted molar refractivity (Wildman–Crippen MR) is 80.5 cm³/mol. The zero-order valence-electron chi connectivity index (χ0n) is 10.3. The van der Waals surface area contributed by atoms with Gasteiger partial charge >= 0.3 is 5.97 Å². The van der Waals surface area contributed by atoms with Crippen molar-refractivity contribution < 1.29 is 9.90 Å². The Hall–Kier alpha value is -2.64. The molecule has 0 radical (unpaired) electrons. The van der Waals surface area contributed by atoms with Gasteiger partial charge in [-0.2, -0.15) is 11.3 Å². The second kappa shape index (κ2) is 4.80. The van der Waals surface area contributed by atoms with Crippen LogP contribution in [0, 0.1) is 6.57 Å². The number of carboxylic acids is 1. The first-order chi connectivity index (χ1) is 9.69. The number of rotatable bonds is 2. The van der Waals surface area contributed by atoms with E-state index in [4.69, 9.17) is 11.7 Å². The molecular weight excluding hydrogens is 270 g/mol. The van der Waals surface area contributed by atoms with E-state index >= 15 is 0 Å². The summed E-state index contributed by atoms with van der Waals surface area (Å²) in [4.78, 5) is 15.5. The average molecular weight is 279 g/mol. The van der Waals surface area contributed by atoms with Crippen LogP contribution in [-0.4, -0.2) is 11.1 Å². The van der Waals surface area contributed by atoms with Crippen molar-refractivity contribution >= 4 is 33.1 Å². The summed E-state index contributed by atoms with van der Waals surface area (Å²) in [5.74, 6) is -0.935. The first-order valence-corrected chi connectivity index (χ1v) is 6.74. The van der Waals surface area contributed by atoms with Crippen molar-refractivity contribution in [2.75, 3.05) is 0 Å². The molecule has 0 bridgehead atoms. The van der Waals surface area contributed by atoms with Crippen LogP contribution in [0.4, 0.5) is 5.00 Å². The van der Waals surface area contributed by atoms with Crippen LogP contribution in [0.1, 0.15) is 10.4 Å². The highest BCUT2D eigenvalue weighted by Crippen LogP contribution is 2.37. The zero-order chi connectivity index (χ0) is 14.1. The molecule has 0 saturated heterocycles. The molecule has 2 aromatic carbocycles. The Morgan fingerprint density at radius 2 is 2.00 bits per heavy atom. The zero-order valence-corrected chi connectivity index (χ0v) is 11.1. The van der Waals surface area contributed by atoms with Crippen LogP contribution >= 0.6 is 11.3 Å². The summed E-state index contributed by atoms with van der Waals surface area (Å²) < 4.78 is 0. The van der Waals surface area contributed by atoms with Gasteiger partial charge in [0.1, 0.15) is 0 Å². The van der Waals surface area contributed by atoms with Crippen LogP contribution in [0.25, 0.3) is 26.1 Å². The lowest BCUT2D eigenvalue weighted by atomic mass is 10.0. The largest absolute Gasteiger partial charge is 0.478 e. The molecule has 0 aliphatic heterocycles. The minimum Gasteiger partial charge on any atom is -0.478 e. The highest BCUT2D eigenvalue weighted by atomic mass is 32.1. The Morgan fingerprint density at radius 3 is 2.70 bits per heavy atom. The summed E-state index contributed by atoms with van der Waals surface area (Å²) in [6.07, 6.45) is 0. The van der Waals surface area contributed by atoms with E-state index in [9.17, 15) is 4.79 Å². The quantitative estimate of drug-likeness (QED) is 0.683. The molecular formula is C16H9NO2S. The number of hydrogen-bond acceptors (Lipinski definition) is 2. The molecule has 0 unspecified atom stereocenters. The van der Waals surface area contributed by atoms with E-state index in [0.717, 1.165) is 21.2 Å². The standard InChI is InChI=1S/C16H9NO2S/c1-17-15-8-7-14(20-15)12-4-2-3-10-5-6-11(16(18)19)9-13(10)12/h2-9H,(H,18,19). The molecule has 1 N–H and O–H groups in total. The monoisotopic (exact) mass is 279 g/mol. The third kappa shape index (κ3) is 2.04. The van der Waals surface area contributed by atoms with E-state index in [1.165, 1.54) is 11.3 Å². The van der Waals surface area contributed by atoms with Crippen LogP contribution < -0.4 is 0 Å². The van der Waals surface area contributed by atoms with Crippen LogP contribution in [0.15, 0.2) is 48.5 Å². The van der Waals surface area contributed by atoms with Crippen molar-refractivity contribution in [3.8, 4) is 10.4 Å². The van der Waals surface area contributed by atoms with Crippen molar-refractivity contribution in [3.05, 3.63) is 65.5 Å². The maximum Gasteiger partial charge on any atom is 0.335 e. The molecule has 0 atom stereocenters. The summed E-state index contributed by atoms with van der Waals surface area (Å²) >= 11 is 1.41. The highest BCUT2D eigenvalue weighted by molar-refractivity contribution is 7.19. The van der Waals surface area contributed by atoms with Gasteiger partial charge in [-0.25, -0.2) is 9.64 Å². The first kappa shape index (κ1) is 12.4. The number of thiophene rings is 1. The lowest BCUT2D eigenvalue weighted by Gasteiger charge is -2.06. The summed E-state index contributed by atoms with van der Waals surface area (Å²) in [7, 11) is 0. The van der Waals surface area contributed by atoms with Gasteiger partial charge < -0.3 is 5.11 Å². The summed E-state index contributed by atoms with van der Waals surface area (Å²) in [6, 6.07) is 14.6. The molecule has 0 amide bonds. The van der Waals surface area contributed by atoms with Crippen molar-refractivity contribution in [1.29, 1.82) is 0 Å². The van der Waals surface area contributed by atoms with Gasteiger partial charge in [0.25, 0.3) is 0 Å². The van der Waals surface area contributed by atoms with Crippen molar-refractivity contribution in [2.45, 2.75) is 0 Å². The molecule has 0 aliphatic carbocycles. The molecule has 0 fully saturated rings. The fourth-order valence-corrected chi connectivity index (χ4v) is 2.98. The fraction of sp³-hybridized carbons (Fsp3) is 0. The minimum absolute atomic E-state index is 0.270. The van der Waals surface area contributed by atoms with Gasteiger partial charge in [-0.15, -0.1) is 0 Å². The van der Waals surface area contributed by atoms with Gasteiger partial charge in [0, 0.05) is 4.88 Å². The number of aromatic carboxylic acids is 1. The molecule has 3 aromatic rings. The number of carbonyl (C=O) groups is 1. The minimum atomic E-state index is -0.935. The number of benzene rings is 2. The van der Waals surface area contributed by atoms with Crippen molar-refractivity contribution in [3.63, 3.8) is 0 Å². The summed E-state index contributed by atoms with van der Waals surface area (Å²) in [6.45, 7) is 7.03.